The molecule has 0 aromatic carbocycles. The normalized spacial score (nSPS) is 17.5. The smallest absolute Gasteiger partial charge is 0.267 e. The van der Waals surface area contributed by atoms with Crippen LogP contribution in [0.1, 0.15) is 25.0 Å². The zero-order valence-corrected chi connectivity index (χ0v) is 16.8. The Hall–Kier alpha value is -2.97. The summed E-state index contributed by atoms with van der Waals surface area (Å²) in [4.78, 5) is 40.0. The van der Waals surface area contributed by atoms with Gasteiger partial charge in [0.15, 0.2) is 0 Å². The van der Waals surface area contributed by atoms with Gasteiger partial charge in [-0.3, -0.25) is 9.59 Å². The SMILES string of the molecule is Cc1cc(N2CCN(C(=O)Cn3ncccc3=O)CC2)nc(N2CCCCC2)n1. The Balaban J connectivity index is 1.39. The van der Waals surface area contributed by atoms with Crippen LogP contribution in [0.5, 0.6) is 0 Å². The predicted molar refractivity (Wildman–Crippen MR) is 110 cm³/mol. The van der Waals surface area contributed by atoms with Gasteiger partial charge in [0.1, 0.15) is 12.4 Å². The number of carbonyl (C=O) groups is 1. The molecule has 0 atom stereocenters. The number of hydrogen-bond donors (Lipinski definition) is 0. The van der Waals surface area contributed by atoms with Gasteiger partial charge in [-0.2, -0.15) is 10.1 Å². The zero-order valence-electron chi connectivity index (χ0n) is 16.8. The summed E-state index contributed by atoms with van der Waals surface area (Å²) in [5, 5.41) is 3.96. The Labute approximate surface area is 170 Å². The molecule has 0 aliphatic carbocycles. The van der Waals surface area contributed by atoms with Crippen molar-refractivity contribution < 1.29 is 4.79 Å². The molecule has 0 saturated carbocycles. The van der Waals surface area contributed by atoms with Crippen LogP contribution in [0, 0.1) is 6.92 Å². The molecule has 1 amide bonds. The van der Waals surface area contributed by atoms with Gasteiger partial charge in [-0.15, -0.1) is 0 Å². The number of anilines is 2. The largest absolute Gasteiger partial charge is 0.353 e. The van der Waals surface area contributed by atoms with E-state index in [0.29, 0.717) is 26.2 Å². The summed E-state index contributed by atoms with van der Waals surface area (Å²) in [6.07, 6.45) is 5.17. The lowest BCUT2D eigenvalue weighted by Crippen LogP contribution is -2.50. The van der Waals surface area contributed by atoms with Crippen LogP contribution in [0.25, 0.3) is 0 Å². The average molecular weight is 397 g/mol. The highest BCUT2D eigenvalue weighted by Gasteiger charge is 2.24. The molecular weight excluding hydrogens is 370 g/mol. The minimum absolute atomic E-state index is 0.0224. The van der Waals surface area contributed by atoms with Crippen LogP contribution in [-0.2, 0) is 11.3 Å². The minimum Gasteiger partial charge on any atom is -0.353 e. The van der Waals surface area contributed by atoms with Gasteiger partial charge in [-0.1, -0.05) is 0 Å². The second-order valence-corrected chi connectivity index (χ2v) is 7.60. The first-order valence-corrected chi connectivity index (χ1v) is 10.3. The monoisotopic (exact) mass is 397 g/mol. The lowest BCUT2D eigenvalue weighted by atomic mass is 10.1. The molecule has 9 heteroatoms. The van der Waals surface area contributed by atoms with Crippen LogP contribution in [-0.4, -0.2) is 69.8 Å². The maximum atomic E-state index is 12.6. The van der Waals surface area contributed by atoms with E-state index < -0.39 is 0 Å². The first kappa shape index (κ1) is 19.4. The van der Waals surface area contributed by atoms with Crippen LogP contribution < -0.4 is 15.4 Å². The van der Waals surface area contributed by atoms with Crippen LogP contribution >= 0.6 is 0 Å². The summed E-state index contributed by atoms with van der Waals surface area (Å²) in [7, 11) is 0. The number of rotatable bonds is 4. The van der Waals surface area contributed by atoms with Crippen LogP contribution in [0.4, 0.5) is 11.8 Å². The molecule has 29 heavy (non-hydrogen) atoms. The highest BCUT2D eigenvalue weighted by molar-refractivity contribution is 5.76. The van der Waals surface area contributed by atoms with Gasteiger partial charge < -0.3 is 14.7 Å². The lowest BCUT2D eigenvalue weighted by Gasteiger charge is -2.36. The summed E-state index contributed by atoms with van der Waals surface area (Å²) in [6.45, 7) is 6.62. The van der Waals surface area contributed by atoms with Crippen molar-refractivity contribution in [1.82, 2.24) is 24.6 Å². The molecule has 2 aliphatic heterocycles. The summed E-state index contributed by atoms with van der Waals surface area (Å²) in [5.74, 6) is 1.65. The molecular formula is C20H27N7O2. The maximum Gasteiger partial charge on any atom is 0.267 e. The number of aryl methyl sites for hydroxylation is 1. The van der Waals surface area contributed by atoms with E-state index in [2.05, 4.69) is 19.9 Å². The summed E-state index contributed by atoms with van der Waals surface area (Å²) < 4.78 is 1.20. The first-order chi connectivity index (χ1) is 14.1. The van der Waals surface area contributed by atoms with Crippen molar-refractivity contribution in [2.45, 2.75) is 32.7 Å². The number of piperazine rings is 1. The fraction of sp³-hybridized carbons (Fsp3) is 0.550. The minimum atomic E-state index is -0.263. The number of aromatic nitrogens is 4. The maximum absolute atomic E-state index is 12.6. The van der Waals surface area contributed by atoms with E-state index in [1.807, 2.05) is 13.0 Å². The number of amides is 1. The molecule has 4 rings (SSSR count). The Kier molecular flexibility index (Phi) is 5.73. The Morgan fingerprint density at radius 2 is 1.76 bits per heavy atom. The second kappa shape index (κ2) is 8.59. The Morgan fingerprint density at radius 1 is 1.00 bits per heavy atom. The van der Waals surface area contributed by atoms with Gasteiger partial charge in [0.25, 0.3) is 5.56 Å². The van der Waals surface area contributed by atoms with Gasteiger partial charge in [0.05, 0.1) is 0 Å². The van der Waals surface area contributed by atoms with E-state index in [9.17, 15) is 9.59 Å². The van der Waals surface area contributed by atoms with Crippen molar-refractivity contribution in [3.8, 4) is 0 Å². The summed E-state index contributed by atoms with van der Waals surface area (Å²) >= 11 is 0. The highest BCUT2D eigenvalue weighted by Crippen LogP contribution is 2.21. The van der Waals surface area contributed by atoms with Crippen LogP contribution in [0.3, 0.4) is 0 Å². The van der Waals surface area contributed by atoms with E-state index in [0.717, 1.165) is 30.5 Å². The van der Waals surface area contributed by atoms with E-state index >= 15 is 0 Å². The number of carbonyl (C=O) groups excluding carboxylic acids is 1. The second-order valence-electron chi connectivity index (χ2n) is 7.60. The van der Waals surface area contributed by atoms with Crippen LogP contribution in [0.2, 0.25) is 0 Å². The third-order valence-corrected chi connectivity index (χ3v) is 5.49. The van der Waals surface area contributed by atoms with E-state index in [1.54, 1.807) is 11.0 Å². The third kappa shape index (κ3) is 4.55. The van der Waals surface area contributed by atoms with Crippen molar-refractivity contribution in [2.24, 2.45) is 0 Å². The van der Waals surface area contributed by atoms with E-state index in [-0.39, 0.29) is 18.0 Å². The van der Waals surface area contributed by atoms with Gasteiger partial charge in [0, 0.05) is 63.3 Å². The first-order valence-electron chi connectivity index (χ1n) is 10.3. The van der Waals surface area contributed by atoms with Gasteiger partial charge >= 0.3 is 0 Å². The molecule has 2 saturated heterocycles. The molecule has 2 fully saturated rings. The molecule has 0 unspecified atom stereocenters. The van der Waals surface area contributed by atoms with Crippen molar-refractivity contribution >= 4 is 17.7 Å². The molecule has 2 aromatic heterocycles. The fourth-order valence-electron chi connectivity index (χ4n) is 3.85. The molecule has 0 radical (unpaired) electrons. The molecule has 2 aromatic rings. The number of hydrogen-bond acceptors (Lipinski definition) is 7. The molecule has 0 spiro atoms. The van der Waals surface area contributed by atoms with Gasteiger partial charge in [-0.25, -0.2) is 9.67 Å². The van der Waals surface area contributed by atoms with Crippen molar-refractivity contribution in [1.29, 1.82) is 0 Å². The molecule has 4 heterocycles. The molecule has 2 aliphatic rings. The number of piperidine rings is 1. The van der Waals surface area contributed by atoms with E-state index in [4.69, 9.17) is 4.98 Å². The highest BCUT2D eigenvalue weighted by atomic mass is 16.2. The lowest BCUT2D eigenvalue weighted by molar-refractivity contribution is -0.132. The van der Waals surface area contributed by atoms with Crippen molar-refractivity contribution in [3.63, 3.8) is 0 Å². The van der Waals surface area contributed by atoms with Gasteiger partial charge in [-0.05, 0) is 32.3 Å². The molecule has 9 nitrogen and oxygen atoms in total. The summed E-state index contributed by atoms with van der Waals surface area (Å²) in [5.41, 5.74) is 0.699. The quantitative estimate of drug-likeness (QED) is 0.750. The third-order valence-electron chi connectivity index (χ3n) is 5.49. The van der Waals surface area contributed by atoms with E-state index in [1.165, 1.54) is 36.2 Å². The molecule has 0 N–H and O–H groups in total. The van der Waals surface area contributed by atoms with Gasteiger partial charge in [0.2, 0.25) is 11.9 Å². The summed E-state index contributed by atoms with van der Waals surface area (Å²) in [6, 6.07) is 5.00. The topological polar surface area (TPSA) is 87.5 Å². The standard InChI is InChI=1S/C20H27N7O2/c1-16-14-17(23-20(22-16)26-8-3-2-4-9-26)24-10-12-25(13-11-24)19(29)15-27-18(28)6-5-7-21-27/h5-7,14H,2-4,8-13,15H2,1H3. The molecule has 154 valence electrons. The van der Waals surface area contributed by atoms with Crippen molar-refractivity contribution in [3.05, 3.63) is 40.4 Å². The fourth-order valence-corrected chi connectivity index (χ4v) is 3.85. The predicted octanol–water partition coefficient (Wildman–Crippen LogP) is 0.681. The Morgan fingerprint density at radius 3 is 2.48 bits per heavy atom. The Bertz CT molecular complexity index is 915. The number of nitrogens with zero attached hydrogens (tertiary/aromatic N) is 7. The van der Waals surface area contributed by atoms with Crippen molar-refractivity contribution in [2.75, 3.05) is 49.1 Å². The molecule has 0 bridgehead atoms. The zero-order chi connectivity index (χ0) is 20.2. The average Bonchev–Trinajstić information content (AvgIpc) is 2.75. The van der Waals surface area contributed by atoms with Crippen LogP contribution in [0.15, 0.2) is 29.2 Å².